The van der Waals surface area contributed by atoms with E-state index in [4.69, 9.17) is 5.26 Å². The molecule has 0 aliphatic carbocycles. The second-order valence-electron chi connectivity index (χ2n) is 3.82. The number of fused-ring (bicyclic) bond motifs is 1. The Morgan fingerprint density at radius 2 is 2.20 bits per heavy atom. The SMILES string of the molecule is CC(C)C(C#N)c1nc2ccccn2n1. The molecule has 15 heavy (non-hydrogen) atoms. The summed E-state index contributed by atoms with van der Waals surface area (Å²) in [6.07, 6.45) is 1.83. The van der Waals surface area contributed by atoms with Crippen molar-refractivity contribution in [3.8, 4) is 6.07 Å². The summed E-state index contributed by atoms with van der Waals surface area (Å²) < 4.78 is 1.70. The predicted molar refractivity (Wildman–Crippen MR) is 56.2 cm³/mol. The van der Waals surface area contributed by atoms with Crippen LogP contribution in [0.5, 0.6) is 0 Å². The summed E-state index contributed by atoms with van der Waals surface area (Å²) in [6.45, 7) is 4.00. The zero-order valence-electron chi connectivity index (χ0n) is 8.75. The van der Waals surface area contributed by atoms with Crippen molar-refractivity contribution >= 4 is 5.65 Å². The molecule has 0 fully saturated rings. The van der Waals surface area contributed by atoms with E-state index in [1.165, 1.54) is 0 Å². The van der Waals surface area contributed by atoms with Crippen molar-refractivity contribution < 1.29 is 0 Å². The molecule has 0 N–H and O–H groups in total. The Morgan fingerprint density at radius 3 is 2.80 bits per heavy atom. The molecule has 0 bridgehead atoms. The molecule has 0 spiro atoms. The third kappa shape index (κ3) is 1.68. The lowest BCUT2D eigenvalue weighted by Gasteiger charge is -2.07. The fourth-order valence-electron chi connectivity index (χ4n) is 1.49. The van der Waals surface area contributed by atoms with Gasteiger partial charge in [0.15, 0.2) is 11.5 Å². The van der Waals surface area contributed by atoms with E-state index in [-0.39, 0.29) is 11.8 Å². The number of aromatic nitrogens is 3. The first-order chi connectivity index (χ1) is 7.22. The third-order valence-corrected chi connectivity index (χ3v) is 2.34. The minimum atomic E-state index is -0.232. The predicted octanol–water partition coefficient (Wildman–Crippen LogP) is 1.99. The highest BCUT2D eigenvalue weighted by atomic mass is 15.3. The number of nitriles is 1. The molecule has 0 aliphatic heterocycles. The van der Waals surface area contributed by atoms with Gasteiger partial charge in [-0.25, -0.2) is 9.50 Å². The number of hydrogen-bond donors (Lipinski definition) is 0. The Kier molecular flexibility index (Phi) is 2.38. The average Bonchev–Trinajstić information content (AvgIpc) is 2.61. The van der Waals surface area contributed by atoms with E-state index in [2.05, 4.69) is 16.2 Å². The first kappa shape index (κ1) is 9.66. The van der Waals surface area contributed by atoms with Gasteiger partial charge in [0.25, 0.3) is 0 Å². The van der Waals surface area contributed by atoms with E-state index in [0.29, 0.717) is 5.82 Å². The summed E-state index contributed by atoms with van der Waals surface area (Å²) in [6, 6.07) is 7.92. The van der Waals surface area contributed by atoms with Gasteiger partial charge in [-0.2, -0.15) is 5.26 Å². The highest BCUT2D eigenvalue weighted by Gasteiger charge is 2.19. The van der Waals surface area contributed by atoms with Crippen LogP contribution in [-0.2, 0) is 0 Å². The molecule has 76 valence electrons. The molecule has 2 rings (SSSR count). The summed E-state index contributed by atoms with van der Waals surface area (Å²) in [5.74, 6) is 0.607. The van der Waals surface area contributed by atoms with Crippen molar-refractivity contribution in [3.05, 3.63) is 30.2 Å². The highest BCUT2D eigenvalue weighted by Crippen LogP contribution is 2.20. The largest absolute Gasteiger partial charge is 0.221 e. The fourth-order valence-corrected chi connectivity index (χ4v) is 1.49. The molecule has 2 aromatic rings. The Balaban J connectivity index is 2.49. The zero-order valence-corrected chi connectivity index (χ0v) is 8.75. The van der Waals surface area contributed by atoms with Crippen LogP contribution in [0.4, 0.5) is 0 Å². The van der Waals surface area contributed by atoms with Crippen LogP contribution < -0.4 is 0 Å². The molecule has 0 saturated carbocycles. The van der Waals surface area contributed by atoms with E-state index in [9.17, 15) is 0 Å². The quantitative estimate of drug-likeness (QED) is 0.745. The number of pyridine rings is 1. The highest BCUT2D eigenvalue weighted by molar-refractivity contribution is 5.37. The van der Waals surface area contributed by atoms with Crippen LogP contribution in [0.2, 0.25) is 0 Å². The van der Waals surface area contributed by atoms with E-state index in [0.717, 1.165) is 5.65 Å². The molecule has 4 heteroatoms. The Morgan fingerprint density at radius 1 is 1.40 bits per heavy atom. The van der Waals surface area contributed by atoms with Crippen LogP contribution in [0, 0.1) is 17.2 Å². The number of rotatable bonds is 2. The lowest BCUT2D eigenvalue weighted by atomic mass is 9.97. The van der Waals surface area contributed by atoms with Gasteiger partial charge >= 0.3 is 0 Å². The lowest BCUT2D eigenvalue weighted by molar-refractivity contribution is 0.561. The van der Waals surface area contributed by atoms with Crippen molar-refractivity contribution in [1.29, 1.82) is 5.26 Å². The van der Waals surface area contributed by atoms with Crippen molar-refractivity contribution in [3.63, 3.8) is 0 Å². The molecule has 2 aromatic heterocycles. The molecule has 0 amide bonds. The maximum Gasteiger partial charge on any atom is 0.169 e. The van der Waals surface area contributed by atoms with Crippen LogP contribution in [0.25, 0.3) is 5.65 Å². The van der Waals surface area contributed by atoms with Gasteiger partial charge in [0.1, 0.15) is 5.92 Å². The Labute approximate surface area is 88.2 Å². The minimum absolute atomic E-state index is 0.229. The fraction of sp³-hybridized carbons (Fsp3) is 0.364. The summed E-state index contributed by atoms with van der Waals surface area (Å²) in [5, 5.41) is 13.3. The Bertz CT molecular complexity index is 474. The lowest BCUT2D eigenvalue weighted by Crippen LogP contribution is -2.06. The van der Waals surface area contributed by atoms with Gasteiger partial charge in [-0.05, 0) is 18.1 Å². The zero-order chi connectivity index (χ0) is 10.8. The number of nitrogens with zero attached hydrogens (tertiary/aromatic N) is 4. The van der Waals surface area contributed by atoms with Gasteiger partial charge in [-0.3, -0.25) is 0 Å². The van der Waals surface area contributed by atoms with Crippen LogP contribution >= 0.6 is 0 Å². The van der Waals surface area contributed by atoms with Gasteiger partial charge in [-0.15, -0.1) is 5.10 Å². The van der Waals surface area contributed by atoms with Crippen molar-refractivity contribution in [2.75, 3.05) is 0 Å². The maximum atomic E-state index is 9.04. The van der Waals surface area contributed by atoms with Gasteiger partial charge < -0.3 is 0 Å². The normalized spacial score (nSPS) is 12.9. The van der Waals surface area contributed by atoms with E-state index < -0.39 is 0 Å². The van der Waals surface area contributed by atoms with Crippen LogP contribution in [0.1, 0.15) is 25.6 Å². The summed E-state index contributed by atoms with van der Waals surface area (Å²) in [7, 11) is 0. The van der Waals surface area contributed by atoms with Gasteiger partial charge in [0, 0.05) is 6.20 Å². The Hall–Kier alpha value is -1.89. The van der Waals surface area contributed by atoms with Gasteiger partial charge in [-0.1, -0.05) is 19.9 Å². The smallest absolute Gasteiger partial charge is 0.169 e. The average molecular weight is 200 g/mol. The topological polar surface area (TPSA) is 54.0 Å². The first-order valence-electron chi connectivity index (χ1n) is 4.93. The molecular formula is C11H12N4. The van der Waals surface area contributed by atoms with Crippen molar-refractivity contribution in [2.24, 2.45) is 5.92 Å². The molecule has 4 nitrogen and oxygen atoms in total. The second kappa shape index (κ2) is 3.70. The van der Waals surface area contributed by atoms with Crippen molar-refractivity contribution in [1.82, 2.24) is 14.6 Å². The van der Waals surface area contributed by atoms with Crippen molar-refractivity contribution in [2.45, 2.75) is 19.8 Å². The molecule has 0 aromatic carbocycles. The molecule has 0 saturated heterocycles. The minimum Gasteiger partial charge on any atom is -0.221 e. The molecule has 0 aliphatic rings. The van der Waals surface area contributed by atoms with E-state index >= 15 is 0 Å². The van der Waals surface area contributed by atoms with E-state index in [1.54, 1.807) is 4.52 Å². The van der Waals surface area contributed by atoms with Crippen LogP contribution in [0.3, 0.4) is 0 Å². The molecule has 1 atom stereocenters. The summed E-state index contributed by atoms with van der Waals surface area (Å²) >= 11 is 0. The van der Waals surface area contributed by atoms with Gasteiger partial charge in [0.05, 0.1) is 6.07 Å². The molecule has 2 heterocycles. The summed E-state index contributed by atoms with van der Waals surface area (Å²) in [4.78, 5) is 4.33. The molecule has 1 unspecified atom stereocenters. The van der Waals surface area contributed by atoms with Gasteiger partial charge in [0.2, 0.25) is 0 Å². The standard InChI is InChI=1S/C11H12N4/c1-8(2)9(7-12)11-13-10-5-3-4-6-15(10)14-11/h3-6,8-9H,1-2H3. The second-order valence-corrected chi connectivity index (χ2v) is 3.82. The summed E-state index contributed by atoms with van der Waals surface area (Å²) in [5.41, 5.74) is 0.786. The molecular weight excluding hydrogens is 188 g/mol. The van der Waals surface area contributed by atoms with Crippen LogP contribution in [-0.4, -0.2) is 14.6 Å². The monoisotopic (exact) mass is 200 g/mol. The molecule has 0 radical (unpaired) electrons. The number of hydrogen-bond acceptors (Lipinski definition) is 3. The van der Waals surface area contributed by atoms with E-state index in [1.807, 2.05) is 38.2 Å². The maximum absolute atomic E-state index is 9.04. The third-order valence-electron chi connectivity index (χ3n) is 2.34. The first-order valence-corrected chi connectivity index (χ1v) is 4.93. The van der Waals surface area contributed by atoms with Crippen LogP contribution in [0.15, 0.2) is 24.4 Å².